The van der Waals surface area contributed by atoms with E-state index in [0.29, 0.717) is 11.4 Å². The van der Waals surface area contributed by atoms with E-state index in [-0.39, 0.29) is 11.3 Å². The highest BCUT2D eigenvalue weighted by molar-refractivity contribution is 5.95. The van der Waals surface area contributed by atoms with Crippen LogP contribution in [-0.4, -0.2) is 15.7 Å². The molecule has 0 aliphatic heterocycles. The summed E-state index contributed by atoms with van der Waals surface area (Å²) in [5.74, 6) is -0.152. The lowest BCUT2D eigenvalue weighted by Crippen LogP contribution is -2.24. The van der Waals surface area contributed by atoms with Crippen LogP contribution >= 0.6 is 0 Å². The van der Waals surface area contributed by atoms with Gasteiger partial charge in [0.2, 0.25) is 0 Å². The molecule has 0 bridgehead atoms. The van der Waals surface area contributed by atoms with Crippen molar-refractivity contribution < 1.29 is 4.79 Å². The fraction of sp³-hybridized carbons (Fsp3) is 0.538. The first-order chi connectivity index (χ1) is 7.64. The molecule has 0 fully saturated rings. The van der Waals surface area contributed by atoms with Crippen molar-refractivity contribution in [3.8, 4) is 0 Å². The maximum atomic E-state index is 12.0. The first-order valence-electron chi connectivity index (χ1n) is 5.65. The summed E-state index contributed by atoms with van der Waals surface area (Å²) in [6.45, 7) is 13.6. The van der Waals surface area contributed by atoms with Gasteiger partial charge in [-0.05, 0) is 13.8 Å². The molecule has 0 aliphatic carbocycles. The molecule has 0 atom stereocenters. The predicted octanol–water partition coefficient (Wildman–Crippen LogP) is 2.29. The molecule has 0 aromatic carbocycles. The first-order valence-corrected chi connectivity index (χ1v) is 5.65. The Labute approximate surface area is 103 Å². The van der Waals surface area contributed by atoms with Crippen LogP contribution in [0, 0.1) is 6.92 Å². The Balaban J connectivity index is 3.23. The van der Waals surface area contributed by atoms with Crippen LogP contribution < -0.4 is 5.32 Å². The van der Waals surface area contributed by atoms with Crippen LogP contribution in [0.1, 0.15) is 49.4 Å². The molecule has 94 valence electrons. The third-order valence-corrected chi connectivity index (χ3v) is 2.54. The van der Waals surface area contributed by atoms with E-state index in [4.69, 9.17) is 0 Å². The Kier molecular flexibility index (Phi) is 3.45. The first kappa shape index (κ1) is 13.5. The number of nitrogens with zero attached hydrogens (tertiary/aromatic N) is 2. The molecule has 1 heterocycles. The molecular weight excluding hydrogens is 214 g/mol. The minimum absolute atomic E-state index is 0.0659. The van der Waals surface area contributed by atoms with E-state index in [9.17, 15) is 4.79 Å². The second kappa shape index (κ2) is 4.35. The Bertz CT molecular complexity index is 464. The number of hydrogen-bond donors (Lipinski definition) is 1. The predicted molar refractivity (Wildman–Crippen MR) is 68.9 cm³/mol. The number of aromatic nitrogens is 2. The number of aryl methyl sites for hydroxylation is 1. The van der Waals surface area contributed by atoms with Crippen LogP contribution in [0.3, 0.4) is 0 Å². The van der Waals surface area contributed by atoms with E-state index in [0.717, 1.165) is 11.3 Å². The molecular formula is C13H21N3O. The second-order valence-corrected chi connectivity index (χ2v) is 5.43. The van der Waals surface area contributed by atoms with Crippen LogP contribution in [0.5, 0.6) is 0 Å². The standard InChI is InChI=1S/C13H21N3O/c1-8(2)14-12(17)10-9(3)11(13(4,5)6)15-16(10)7/h1H2,2-7H3,(H,14,17). The summed E-state index contributed by atoms with van der Waals surface area (Å²) in [6.07, 6.45) is 0. The van der Waals surface area contributed by atoms with Gasteiger partial charge >= 0.3 is 0 Å². The molecule has 4 nitrogen and oxygen atoms in total. The van der Waals surface area contributed by atoms with Gasteiger partial charge < -0.3 is 5.32 Å². The summed E-state index contributed by atoms with van der Waals surface area (Å²) < 4.78 is 1.63. The van der Waals surface area contributed by atoms with Crippen molar-refractivity contribution in [1.82, 2.24) is 15.1 Å². The van der Waals surface area contributed by atoms with E-state index in [1.165, 1.54) is 0 Å². The summed E-state index contributed by atoms with van der Waals surface area (Å²) in [4.78, 5) is 12.0. The number of nitrogens with one attached hydrogen (secondary N) is 1. The highest BCUT2D eigenvalue weighted by Crippen LogP contribution is 2.26. The molecule has 0 spiro atoms. The smallest absolute Gasteiger partial charge is 0.273 e. The van der Waals surface area contributed by atoms with Gasteiger partial charge in [-0.2, -0.15) is 5.10 Å². The van der Waals surface area contributed by atoms with Crippen LogP contribution in [-0.2, 0) is 12.5 Å². The van der Waals surface area contributed by atoms with Crippen molar-refractivity contribution >= 4 is 5.91 Å². The summed E-state index contributed by atoms with van der Waals surface area (Å²) in [5, 5.41) is 7.15. The van der Waals surface area contributed by atoms with Crippen LogP contribution in [0.2, 0.25) is 0 Å². The Morgan fingerprint density at radius 1 is 1.41 bits per heavy atom. The van der Waals surface area contributed by atoms with Gasteiger partial charge in [0.25, 0.3) is 5.91 Å². The SMILES string of the molecule is C=C(C)NC(=O)c1c(C)c(C(C)(C)C)nn1C. The number of rotatable bonds is 2. The Hall–Kier alpha value is -1.58. The normalized spacial score (nSPS) is 11.4. The summed E-state index contributed by atoms with van der Waals surface area (Å²) in [5.41, 5.74) is 3.04. The lowest BCUT2D eigenvalue weighted by atomic mass is 9.89. The highest BCUT2D eigenvalue weighted by atomic mass is 16.2. The zero-order valence-corrected chi connectivity index (χ0v) is 11.5. The molecule has 1 amide bonds. The van der Waals surface area contributed by atoms with Gasteiger partial charge in [-0.3, -0.25) is 9.48 Å². The van der Waals surface area contributed by atoms with Crippen molar-refractivity contribution in [3.63, 3.8) is 0 Å². The molecule has 1 rings (SSSR count). The minimum Gasteiger partial charge on any atom is -0.325 e. The van der Waals surface area contributed by atoms with Crippen LogP contribution in [0.25, 0.3) is 0 Å². The van der Waals surface area contributed by atoms with Crippen molar-refractivity contribution in [2.24, 2.45) is 7.05 Å². The quantitative estimate of drug-likeness (QED) is 0.855. The zero-order valence-electron chi connectivity index (χ0n) is 11.5. The zero-order chi connectivity index (χ0) is 13.4. The van der Waals surface area contributed by atoms with Crippen molar-refractivity contribution in [1.29, 1.82) is 0 Å². The molecule has 0 radical (unpaired) electrons. The van der Waals surface area contributed by atoms with Gasteiger partial charge in [-0.1, -0.05) is 27.4 Å². The lowest BCUT2D eigenvalue weighted by molar-refractivity contribution is 0.0956. The molecule has 1 N–H and O–H groups in total. The van der Waals surface area contributed by atoms with Gasteiger partial charge in [0.1, 0.15) is 5.69 Å². The Morgan fingerprint density at radius 2 is 1.94 bits per heavy atom. The lowest BCUT2D eigenvalue weighted by Gasteiger charge is -2.16. The molecule has 0 aliphatic rings. The van der Waals surface area contributed by atoms with E-state index in [2.05, 4.69) is 37.8 Å². The molecule has 17 heavy (non-hydrogen) atoms. The van der Waals surface area contributed by atoms with Gasteiger partial charge in [-0.15, -0.1) is 0 Å². The maximum absolute atomic E-state index is 12.0. The summed E-state index contributed by atoms with van der Waals surface area (Å²) >= 11 is 0. The molecule has 0 saturated heterocycles. The maximum Gasteiger partial charge on any atom is 0.273 e. The van der Waals surface area contributed by atoms with Gasteiger partial charge in [0, 0.05) is 23.7 Å². The largest absolute Gasteiger partial charge is 0.325 e. The number of allylic oxidation sites excluding steroid dienone is 1. The molecule has 0 unspecified atom stereocenters. The number of carbonyl (C=O) groups is 1. The fourth-order valence-electron chi connectivity index (χ4n) is 1.91. The third kappa shape index (κ3) is 2.75. The molecule has 1 aromatic rings. The topological polar surface area (TPSA) is 46.9 Å². The van der Waals surface area contributed by atoms with Crippen LogP contribution in [0.15, 0.2) is 12.3 Å². The molecule has 4 heteroatoms. The van der Waals surface area contributed by atoms with Gasteiger partial charge in [-0.25, -0.2) is 0 Å². The molecule has 1 aromatic heterocycles. The van der Waals surface area contributed by atoms with E-state index in [1.807, 2.05) is 6.92 Å². The van der Waals surface area contributed by atoms with Crippen molar-refractivity contribution in [2.45, 2.75) is 40.0 Å². The molecule has 0 saturated carbocycles. The van der Waals surface area contributed by atoms with E-state index < -0.39 is 0 Å². The second-order valence-electron chi connectivity index (χ2n) is 5.43. The number of hydrogen-bond acceptors (Lipinski definition) is 2. The van der Waals surface area contributed by atoms with Gasteiger partial charge in [0.15, 0.2) is 0 Å². The number of amides is 1. The van der Waals surface area contributed by atoms with Gasteiger partial charge in [0.05, 0.1) is 5.69 Å². The minimum atomic E-state index is -0.152. The monoisotopic (exact) mass is 235 g/mol. The summed E-state index contributed by atoms with van der Waals surface area (Å²) in [7, 11) is 1.79. The third-order valence-electron chi connectivity index (χ3n) is 2.54. The summed E-state index contributed by atoms with van der Waals surface area (Å²) in [6, 6.07) is 0. The average molecular weight is 235 g/mol. The number of carbonyl (C=O) groups excluding carboxylic acids is 1. The highest BCUT2D eigenvalue weighted by Gasteiger charge is 2.26. The Morgan fingerprint density at radius 3 is 2.29 bits per heavy atom. The van der Waals surface area contributed by atoms with E-state index in [1.54, 1.807) is 18.7 Å². The van der Waals surface area contributed by atoms with Crippen molar-refractivity contribution in [3.05, 3.63) is 29.2 Å². The average Bonchev–Trinajstić information content (AvgIpc) is 2.39. The van der Waals surface area contributed by atoms with Crippen LogP contribution in [0.4, 0.5) is 0 Å². The fourth-order valence-corrected chi connectivity index (χ4v) is 1.91. The van der Waals surface area contributed by atoms with E-state index >= 15 is 0 Å². The van der Waals surface area contributed by atoms with Crippen molar-refractivity contribution in [2.75, 3.05) is 0 Å².